The van der Waals surface area contributed by atoms with Gasteiger partial charge in [-0.1, -0.05) is 30.3 Å². The molecule has 0 saturated carbocycles. The summed E-state index contributed by atoms with van der Waals surface area (Å²) in [5.41, 5.74) is 1.11. The van der Waals surface area contributed by atoms with Gasteiger partial charge in [-0.3, -0.25) is 9.78 Å². The first-order valence-corrected chi connectivity index (χ1v) is 9.11. The van der Waals surface area contributed by atoms with Crippen molar-refractivity contribution in [3.8, 4) is 0 Å². The van der Waals surface area contributed by atoms with Crippen LogP contribution in [0.5, 0.6) is 0 Å². The Morgan fingerprint density at radius 1 is 1.19 bits per heavy atom. The fraction of sp³-hybridized carbons (Fsp3) is 0.450. The largest absolute Gasteiger partial charge is 0.393 e. The van der Waals surface area contributed by atoms with E-state index in [0.717, 1.165) is 18.4 Å². The number of benzene rings is 1. The van der Waals surface area contributed by atoms with Gasteiger partial charge in [0.2, 0.25) is 0 Å². The molecule has 2 aromatic rings. The predicted molar refractivity (Wildman–Crippen MR) is 95.4 cm³/mol. The highest BCUT2D eigenvalue weighted by Gasteiger charge is 2.44. The molecule has 2 aliphatic heterocycles. The van der Waals surface area contributed by atoms with Crippen LogP contribution >= 0.6 is 0 Å². The second-order valence-electron chi connectivity index (χ2n) is 7.18. The number of hydrogen-bond donors (Lipinski definition) is 1. The average Bonchev–Trinajstić information content (AvgIpc) is 2.69. The van der Waals surface area contributed by atoms with Crippen molar-refractivity contribution in [1.82, 2.24) is 14.9 Å². The van der Waals surface area contributed by atoms with Crippen molar-refractivity contribution in [1.29, 1.82) is 0 Å². The smallest absolute Gasteiger partial charge is 0.274 e. The van der Waals surface area contributed by atoms with Crippen LogP contribution in [0.4, 0.5) is 0 Å². The second kappa shape index (κ2) is 7.13. The highest BCUT2D eigenvalue weighted by molar-refractivity contribution is 5.92. The number of piperidine rings is 1. The summed E-state index contributed by atoms with van der Waals surface area (Å²) in [5.74, 6) is -0.0936. The van der Waals surface area contributed by atoms with Crippen LogP contribution in [0.3, 0.4) is 0 Å². The molecule has 2 atom stereocenters. The molecule has 136 valence electrons. The topological polar surface area (TPSA) is 75.6 Å². The maximum atomic E-state index is 12.6. The molecule has 0 radical (unpaired) electrons. The zero-order valence-corrected chi connectivity index (χ0v) is 14.6. The number of likely N-dealkylation sites (tertiary alicyclic amines) is 1. The first-order chi connectivity index (χ1) is 12.7. The Hall–Kier alpha value is -2.31. The second-order valence-corrected chi connectivity index (χ2v) is 7.18. The summed E-state index contributed by atoms with van der Waals surface area (Å²) in [7, 11) is 0. The van der Waals surface area contributed by atoms with Crippen LogP contribution in [-0.4, -0.2) is 50.7 Å². The van der Waals surface area contributed by atoms with Gasteiger partial charge in [-0.15, -0.1) is 0 Å². The molecule has 0 aliphatic carbocycles. The van der Waals surface area contributed by atoms with Crippen LogP contribution in [0.25, 0.3) is 0 Å². The summed E-state index contributed by atoms with van der Waals surface area (Å²) in [5, 5.41) is 10.4. The van der Waals surface area contributed by atoms with Crippen LogP contribution in [0.15, 0.2) is 48.9 Å². The van der Waals surface area contributed by atoms with Crippen molar-refractivity contribution in [2.24, 2.45) is 0 Å². The SMILES string of the molecule is O=C(c1cnccn1)N1CCC2(CC1)C[C@@H](O)C[C@H](c1ccccc1)O2. The van der Waals surface area contributed by atoms with Gasteiger partial charge in [0, 0.05) is 38.3 Å². The number of ether oxygens (including phenoxy) is 1. The molecule has 1 aromatic heterocycles. The molecule has 0 unspecified atom stereocenters. The average molecular weight is 353 g/mol. The van der Waals surface area contributed by atoms with E-state index in [2.05, 4.69) is 9.97 Å². The lowest BCUT2D eigenvalue weighted by atomic mass is 9.81. The summed E-state index contributed by atoms with van der Waals surface area (Å²) >= 11 is 0. The Labute approximate surface area is 152 Å². The van der Waals surface area contributed by atoms with E-state index >= 15 is 0 Å². The molecule has 26 heavy (non-hydrogen) atoms. The Bertz CT molecular complexity index is 745. The third-order valence-corrected chi connectivity index (χ3v) is 5.40. The van der Waals surface area contributed by atoms with E-state index in [9.17, 15) is 9.90 Å². The van der Waals surface area contributed by atoms with Crippen LogP contribution in [0.1, 0.15) is 47.8 Å². The Morgan fingerprint density at radius 2 is 1.96 bits per heavy atom. The van der Waals surface area contributed by atoms with E-state index in [1.165, 1.54) is 12.4 Å². The quantitative estimate of drug-likeness (QED) is 0.897. The molecule has 6 heteroatoms. The van der Waals surface area contributed by atoms with Gasteiger partial charge in [0.05, 0.1) is 24.0 Å². The highest BCUT2D eigenvalue weighted by atomic mass is 16.5. The summed E-state index contributed by atoms with van der Waals surface area (Å²) in [6, 6.07) is 10.1. The normalized spacial score (nSPS) is 25.2. The van der Waals surface area contributed by atoms with Gasteiger partial charge in [-0.25, -0.2) is 4.98 Å². The van der Waals surface area contributed by atoms with Gasteiger partial charge >= 0.3 is 0 Å². The summed E-state index contributed by atoms with van der Waals surface area (Å²) in [4.78, 5) is 22.4. The third-order valence-electron chi connectivity index (χ3n) is 5.40. The van der Waals surface area contributed by atoms with Crippen LogP contribution in [-0.2, 0) is 4.74 Å². The fourth-order valence-corrected chi connectivity index (χ4v) is 4.04. The Morgan fingerprint density at radius 3 is 2.65 bits per heavy atom. The molecule has 1 aromatic carbocycles. The minimum atomic E-state index is -0.379. The number of amides is 1. The molecule has 4 rings (SSSR count). The van der Waals surface area contributed by atoms with Crippen LogP contribution in [0.2, 0.25) is 0 Å². The maximum Gasteiger partial charge on any atom is 0.274 e. The minimum Gasteiger partial charge on any atom is -0.393 e. The van der Waals surface area contributed by atoms with Crippen LogP contribution < -0.4 is 0 Å². The van der Waals surface area contributed by atoms with E-state index in [0.29, 0.717) is 31.6 Å². The van der Waals surface area contributed by atoms with Crippen molar-refractivity contribution in [3.63, 3.8) is 0 Å². The van der Waals surface area contributed by atoms with Crippen molar-refractivity contribution in [2.75, 3.05) is 13.1 Å². The summed E-state index contributed by atoms with van der Waals surface area (Å²) in [6.45, 7) is 1.20. The van der Waals surface area contributed by atoms with Gasteiger partial charge in [0.25, 0.3) is 5.91 Å². The predicted octanol–water partition coefficient (Wildman–Crippen LogP) is 2.36. The van der Waals surface area contributed by atoms with Gasteiger partial charge in [0.15, 0.2) is 0 Å². The van der Waals surface area contributed by atoms with E-state index in [1.54, 1.807) is 11.1 Å². The number of carbonyl (C=O) groups is 1. The minimum absolute atomic E-state index is 0.0936. The summed E-state index contributed by atoms with van der Waals surface area (Å²) < 4.78 is 6.48. The van der Waals surface area contributed by atoms with Gasteiger partial charge in [-0.05, 0) is 18.4 Å². The highest BCUT2D eigenvalue weighted by Crippen LogP contribution is 2.43. The fourth-order valence-electron chi connectivity index (χ4n) is 4.04. The molecular weight excluding hydrogens is 330 g/mol. The van der Waals surface area contributed by atoms with E-state index < -0.39 is 0 Å². The van der Waals surface area contributed by atoms with Gasteiger partial charge in [0.1, 0.15) is 5.69 Å². The number of carbonyl (C=O) groups excluding carboxylic acids is 1. The molecule has 3 heterocycles. The standard InChI is InChI=1S/C20H23N3O3/c24-16-12-18(15-4-2-1-3-5-15)26-20(13-16)6-10-23(11-7-20)19(25)17-14-21-8-9-22-17/h1-5,8-9,14,16,18,24H,6-7,10-13H2/t16-,18+/m0/s1. The molecule has 1 N–H and O–H groups in total. The number of aliphatic hydroxyl groups excluding tert-OH is 1. The molecule has 1 amide bonds. The lowest BCUT2D eigenvalue weighted by Crippen LogP contribution is -2.52. The molecule has 6 nitrogen and oxygen atoms in total. The Balaban J connectivity index is 1.45. The molecule has 2 saturated heterocycles. The number of aliphatic hydroxyl groups is 1. The molecule has 2 fully saturated rings. The zero-order valence-electron chi connectivity index (χ0n) is 14.6. The number of aromatic nitrogens is 2. The molecular formula is C20H23N3O3. The van der Waals surface area contributed by atoms with E-state index in [4.69, 9.17) is 4.74 Å². The molecule has 2 aliphatic rings. The summed E-state index contributed by atoms with van der Waals surface area (Å²) in [6.07, 6.45) is 6.81. The first-order valence-electron chi connectivity index (χ1n) is 9.11. The Kier molecular flexibility index (Phi) is 4.70. The molecule has 0 bridgehead atoms. The van der Waals surface area contributed by atoms with E-state index in [-0.39, 0.29) is 23.7 Å². The van der Waals surface area contributed by atoms with Crippen molar-refractivity contribution in [3.05, 3.63) is 60.2 Å². The van der Waals surface area contributed by atoms with Crippen molar-refractivity contribution >= 4 is 5.91 Å². The molecule has 1 spiro atoms. The van der Waals surface area contributed by atoms with Gasteiger partial charge in [-0.2, -0.15) is 0 Å². The van der Waals surface area contributed by atoms with Crippen LogP contribution in [0, 0.1) is 0 Å². The van der Waals surface area contributed by atoms with Gasteiger partial charge < -0.3 is 14.7 Å². The third kappa shape index (κ3) is 3.48. The lowest BCUT2D eigenvalue weighted by molar-refractivity contribution is -0.181. The maximum absolute atomic E-state index is 12.6. The number of hydrogen-bond acceptors (Lipinski definition) is 5. The number of rotatable bonds is 2. The van der Waals surface area contributed by atoms with Crippen molar-refractivity contribution < 1.29 is 14.6 Å². The number of nitrogens with zero attached hydrogens (tertiary/aromatic N) is 3. The van der Waals surface area contributed by atoms with E-state index in [1.807, 2.05) is 30.3 Å². The first kappa shape index (κ1) is 17.1. The zero-order chi connectivity index (χ0) is 18.0. The van der Waals surface area contributed by atoms with Crippen molar-refractivity contribution in [2.45, 2.75) is 43.5 Å². The lowest BCUT2D eigenvalue weighted by Gasteiger charge is -2.48. The monoisotopic (exact) mass is 353 g/mol.